The van der Waals surface area contributed by atoms with Crippen molar-refractivity contribution in [1.82, 2.24) is 20.3 Å². The summed E-state index contributed by atoms with van der Waals surface area (Å²) >= 11 is 0. The fourth-order valence-electron chi connectivity index (χ4n) is 2.77. The number of carbonyl (C=O) groups is 2. The normalized spacial score (nSPS) is 12.3. The number of hydrogen-bond acceptors (Lipinski definition) is 5. The molecule has 2 rings (SSSR count). The third-order valence-corrected chi connectivity index (χ3v) is 4.12. The predicted octanol–water partition coefficient (Wildman–Crippen LogP) is 1.75. The molecule has 1 heterocycles. The molecule has 0 aliphatic heterocycles. The van der Waals surface area contributed by atoms with E-state index in [1.54, 1.807) is 24.3 Å². The van der Waals surface area contributed by atoms with Gasteiger partial charge in [0, 0.05) is 13.0 Å². The first-order valence-corrected chi connectivity index (χ1v) is 8.75. The number of unbranched alkanes of at least 4 members (excludes halogenated alkanes) is 2. The van der Waals surface area contributed by atoms with E-state index in [0.29, 0.717) is 36.7 Å². The van der Waals surface area contributed by atoms with E-state index in [9.17, 15) is 14.4 Å². The predicted molar refractivity (Wildman–Crippen MR) is 96.8 cm³/mol. The third kappa shape index (κ3) is 4.87. The Kier molecular flexibility index (Phi) is 6.82. The summed E-state index contributed by atoms with van der Waals surface area (Å²) in [6.07, 6.45) is 2.11. The monoisotopic (exact) mass is 360 g/mol. The lowest BCUT2D eigenvalue weighted by Gasteiger charge is -2.21. The van der Waals surface area contributed by atoms with Gasteiger partial charge in [-0.3, -0.25) is 14.4 Å². The van der Waals surface area contributed by atoms with Gasteiger partial charge in [-0.25, -0.2) is 0 Å². The molecule has 1 aromatic heterocycles. The molecule has 0 bridgehead atoms. The first-order chi connectivity index (χ1) is 12.4. The fourth-order valence-corrected chi connectivity index (χ4v) is 2.77. The first-order valence-electron chi connectivity index (χ1n) is 8.75. The Bertz CT molecular complexity index is 831. The van der Waals surface area contributed by atoms with Crippen molar-refractivity contribution in [3.8, 4) is 0 Å². The number of benzene rings is 1. The largest absolute Gasteiger partial charge is 0.481 e. The molecule has 2 N–H and O–H groups in total. The van der Waals surface area contributed by atoms with Crippen molar-refractivity contribution >= 4 is 22.8 Å². The van der Waals surface area contributed by atoms with Crippen LogP contribution in [-0.2, 0) is 9.59 Å². The topological polar surface area (TPSA) is 114 Å². The van der Waals surface area contributed by atoms with Crippen LogP contribution in [0, 0.1) is 5.92 Å². The smallest absolute Gasteiger partial charge is 0.303 e. The number of hydrogen-bond donors (Lipinski definition) is 2. The number of amides is 1. The van der Waals surface area contributed by atoms with Crippen LogP contribution in [0.5, 0.6) is 0 Å². The second-order valence-electron chi connectivity index (χ2n) is 6.54. The lowest BCUT2D eigenvalue weighted by Crippen LogP contribution is -2.41. The number of fused-ring (bicyclic) bond motifs is 1. The van der Waals surface area contributed by atoms with Gasteiger partial charge in [-0.2, -0.15) is 4.68 Å². The molecule has 0 aliphatic rings. The lowest BCUT2D eigenvalue weighted by atomic mass is 10.0. The van der Waals surface area contributed by atoms with E-state index < -0.39 is 12.0 Å². The highest BCUT2D eigenvalue weighted by Crippen LogP contribution is 2.16. The Morgan fingerprint density at radius 3 is 2.62 bits per heavy atom. The summed E-state index contributed by atoms with van der Waals surface area (Å²) in [7, 11) is 0. The zero-order valence-corrected chi connectivity index (χ0v) is 15.0. The van der Waals surface area contributed by atoms with Crippen molar-refractivity contribution in [2.24, 2.45) is 5.92 Å². The Morgan fingerprint density at radius 1 is 1.19 bits per heavy atom. The van der Waals surface area contributed by atoms with E-state index in [2.05, 4.69) is 15.6 Å². The van der Waals surface area contributed by atoms with Gasteiger partial charge >= 0.3 is 5.97 Å². The molecular weight excluding hydrogens is 336 g/mol. The standard InChI is InChI=1S/C18H24N4O4/c1-12(2)16(17(25)19-11-7-3-4-10-15(23)24)22-18(26)13-8-5-6-9-14(13)20-21-22/h5-6,8-9,12,16H,3-4,7,10-11H2,1-2H3,(H,19,25)(H,23,24)/t16-/m0/s1. The molecule has 140 valence electrons. The van der Waals surface area contributed by atoms with Crippen LogP contribution in [0.4, 0.5) is 0 Å². The maximum Gasteiger partial charge on any atom is 0.303 e. The van der Waals surface area contributed by atoms with Gasteiger partial charge in [0.15, 0.2) is 0 Å². The molecular formula is C18H24N4O4. The second-order valence-corrected chi connectivity index (χ2v) is 6.54. The number of carboxylic acid groups (broad SMARTS) is 1. The molecule has 0 fully saturated rings. The molecule has 0 aliphatic carbocycles. The number of nitrogens with zero attached hydrogens (tertiary/aromatic N) is 3. The number of carboxylic acids is 1. The van der Waals surface area contributed by atoms with Gasteiger partial charge in [-0.05, 0) is 30.9 Å². The third-order valence-electron chi connectivity index (χ3n) is 4.12. The van der Waals surface area contributed by atoms with E-state index in [4.69, 9.17) is 5.11 Å². The number of aromatic nitrogens is 3. The van der Waals surface area contributed by atoms with Crippen LogP contribution in [0.3, 0.4) is 0 Å². The van der Waals surface area contributed by atoms with Crippen molar-refractivity contribution in [2.75, 3.05) is 6.54 Å². The highest BCUT2D eigenvalue weighted by molar-refractivity contribution is 5.81. The zero-order valence-electron chi connectivity index (χ0n) is 15.0. The number of carbonyl (C=O) groups excluding carboxylic acids is 1. The summed E-state index contributed by atoms with van der Waals surface area (Å²) < 4.78 is 1.15. The highest BCUT2D eigenvalue weighted by atomic mass is 16.4. The summed E-state index contributed by atoms with van der Waals surface area (Å²) in [5.74, 6) is -1.25. The van der Waals surface area contributed by atoms with Crippen LogP contribution in [-0.4, -0.2) is 38.5 Å². The Morgan fingerprint density at radius 2 is 1.92 bits per heavy atom. The van der Waals surface area contributed by atoms with Crippen molar-refractivity contribution in [1.29, 1.82) is 0 Å². The van der Waals surface area contributed by atoms with Crippen LogP contribution in [0.15, 0.2) is 29.1 Å². The van der Waals surface area contributed by atoms with Crippen molar-refractivity contribution in [2.45, 2.75) is 45.6 Å². The maximum atomic E-state index is 12.7. The van der Waals surface area contributed by atoms with E-state index in [1.807, 2.05) is 13.8 Å². The van der Waals surface area contributed by atoms with Crippen molar-refractivity contribution < 1.29 is 14.7 Å². The molecule has 0 radical (unpaired) electrons. The SMILES string of the molecule is CC(C)[C@@H](C(=O)NCCCCCC(=O)O)n1nnc2ccccc2c1=O. The second kappa shape index (κ2) is 9.07. The molecule has 8 heteroatoms. The molecule has 0 spiro atoms. The molecule has 1 atom stereocenters. The minimum atomic E-state index is -0.817. The van der Waals surface area contributed by atoms with E-state index in [0.717, 1.165) is 4.68 Å². The number of nitrogens with one attached hydrogen (secondary N) is 1. The average molecular weight is 360 g/mol. The summed E-state index contributed by atoms with van der Waals surface area (Å²) in [5.41, 5.74) is 0.154. The summed E-state index contributed by atoms with van der Waals surface area (Å²) in [4.78, 5) is 35.7. The van der Waals surface area contributed by atoms with E-state index >= 15 is 0 Å². The Labute approximate surface area is 151 Å². The quantitative estimate of drug-likeness (QED) is 0.659. The first kappa shape index (κ1) is 19.6. The molecule has 0 saturated carbocycles. The maximum absolute atomic E-state index is 12.7. The molecule has 1 amide bonds. The van der Waals surface area contributed by atoms with Gasteiger partial charge in [0.25, 0.3) is 5.56 Å². The molecule has 8 nitrogen and oxygen atoms in total. The molecule has 2 aromatic rings. The highest BCUT2D eigenvalue weighted by Gasteiger charge is 2.27. The van der Waals surface area contributed by atoms with Gasteiger partial charge in [-0.1, -0.05) is 37.6 Å². The van der Waals surface area contributed by atoms with Gasteiger partial charge in [0.1, 0.15) is 11.6 Å². The van der Waals surface area contributed by atoms with Gasteiger partial charge in [-0.15, -0.1) is 5.10 Å². The van der Waals surface area contributed by atoms with Crippen molar-refractivity contribution in [3.63, 3.8) is 0 Å². The average Bonchev–Trinajstić information content (AvgIpc) is 2.60. The van der Waals surface area contributed by atoms with Crippen LogP contribution in [0.1, 0.15) is 45.6 Å². The van der Waals surface area contributed by atoms with Crippen LogP contribution < -0.4 is 10.9 Å². The summed E-state index contributed by atoms with van der Waals surface area (Å²) in [5, 5.41) is 19.8. The summed E-state index contributed by atoms with van der Waals surface area (Å²) in [6, 6.07) is 6.14. The van der Waals surface area contributed by atoms with E-state index in [1.165, 1.54) is 0 Å². The number of rotatable bonds is 9. The number of aliphatic carboxylic acids is 1. The van der Waals surface area contributed by atoms with Gasteiger partial charge in [0.2, 0.25) is 5.91 Å². The van der Waals surface area contributed by atoms with Crippen LogP contribution >= 0.6 is 0 Å². The fraction of sp³-hybridized carbons (Fsp3) is 0.500. The zero-order chi connectivity index (χ0) is 19.1. The minimum Gasteiger partial charge on any atom is -0.481 e. The van der Waals surface area contributed by atoms with E-state index in [-0.39, 0.29) is 23.8 Å². The van der Waals surface area contributed by atoms with Gasteiger partial charge in [0.05, 0.1) is 5.39 Å². The van der Waals surface area contributed by atoms with Crippen molar-refractivity contribution in [3.05, 3.63) is 34.6 Å². The Balaban J connectivity index is 2.06. The molecule has 26 heavy (non-hydrogen) atoms. The summed E-state index contributed by atoms with van der Waals surface area (Å²) in [6.45, 7) is 4.12. The molecule has 0 unspecified atom stereocenters. The molecule has 0 saturated heterocycles. The minimum absolute atomic E-state index is 0.130. The van der Waals surface area contributed by atoms with Gasteiger partial charge < -0.3 is 10.4 Å². The lowest BCUT2D eigenvalue weighted by molar-refractivity contribution is -0.137. The molecule has 1 aromatic carbocycles. The Hall–Kier alpha value is -2.77. The van der Waals surface area contributed by atoms with Crippen LogP contribution in [0.2, 0.25) is 0 Å². The van der Waals surface area contributed by atoms with Crippen LogP contribution in [0.25, 0.3) is 10.9 Å².